The summed E-state index contributed by atoms with van der Waals surface area (Å²) >= 11 is 0. The van der Waals surface area contributed by atoms with Crippen LogP contribution in [0.4, 0.5) is 10.1 Å². The topological polar surface area (TPSA) is 55.4 Å². The average molecular weight is 225 g/mol. The van der Waals surface area contributed by atoms with E-state index in [2.05, 4.69) is 10.1 Å². The summed E-state index contributed by atoms with van der Waals surface area (Å²) in [5, 5.41) is 2.13. The highest BCUT2D eigenvalue weighted by atomic mass is 19.1. The second-order valence-electron chi connectivity index (χ2n) is 3.16. The molecule has 0 radical (unpaired) electrons. The summed E-state index contributed by atoms with van der Waals surface area (Å²) in [5.41, 5.74) is 0.690. The van der Waals surface area contributed by atoms with Crippen LogP contribution in [0.2, 0.25) is 0 Å². The van der Waals surface area contributed by atoms with Crippen LogP contribution in [0.3, 0.4) is 0 Å². The van der Waals surface area contributed by atoms with Crippen molar-refractivity contribution in [2.75, 3.05) is 11.9 Å². The fourth-order valence-electron chi connectivity index (χ4n) is 1.09. The number of rotatable bonds is 2. The number of hydrogen-bond donors (Lipinski definition) is 1. The Bertz CT molecular complexity index is 418. The molecule has 0 aromatic heterocycles. The molecule has 1 aromatic carbocycles. The molecule has 0 unspecified atom stereocenters. The third kappa shape index (κ3) is 3.05. The van der Waals surface area contributed by atoms with Gasteiger partial charge in [-0.25, -0.2) is 9.18 Å². The van der Waals surface area contributed by atoms with Crippen LogP contribution in [-0.2, 0) is 14.3 Å². The first-order valence-corrected chi connectivity index (χ1v) is 4.79. The van der Waals surface area contributed by atoms with E-state index in [-0.39, 0.29) is 12.3 Å². The van der Waals surface area contributed by atoms with Gasteiger partial charge in [0.25, 0.3) is 0 Å². The van der Waals surface area contributed by atoms with Gasteiger partial charge in [-0.1, -0.05) is 6.07 Å². The van der Waals surface area contributed by atoms with Crippen molar-refractivity contribution in [3.8, 4) is 0 Å². The molecule has 4 nitrogen and oxygen atoms in total. The van der Waals surface area contributed by atoms with Gasteiger partial charge >= 0.3 is 11.9 Å². The number of halogens is 1. The Labute approximate surface area is 92.4 Å². The molecule has 0 atom stereocenters. The summed E-state index contributed by atoms with van der Waals surface area (Å²) in [4.78, 5) is 22.2. The second kappa shape index (κ2) is 5.25. The van der Waals surface area contributed by atoms with E-state index in [9.17, 15) is 14.0 Å². The van der Waals surface area contributed by atoms with Crippen molar-refractivity contribution in [1.29, 1.82) is 0 Å². The molecule has 0 fully saturated rings. The van der Waals surface area contributed by atoms with Crippen molar-refractivity contribution in [3.05, 3.63) is 29.6 Å². The lowest BCUT2D eigenvalue weighted by atomic mass is 10.2. The maximum Gasteiger partial charge on any atom is 0.397 e. The highest BCUT2D eigenvalue weighted by Crippen LogP contribution is 2.14. The third-order valence-electron chi connectivity index (χ3n) is 1.83. The molecule has 1 aromatic rings. The first-order chi connectivity index (χ1) is 7.54. The molecule has 0 saturated heterocycles. The van der Waals surface area contributed by atoms with Gasteiger partial charge < -0.3 is 10.1 Å². The number of ether oxygens (including phenoxy) is 1. The summed E-state index contributed by atoms with van der Waals surface area (Å²) in [7, 11) is 0. The normalized spacial score (nSPS) is 9.69. The minimum absolute atomic E-state index is 0.0383. The minimum Gasteiger partial charge on any atom is -0.459 e. The van der Waals surface area contributed by atoms with Crippen LogP contribution >= 0.6 is 0 Å². The summed E-state index contributed by atoms with van der Waals surface area (Å²) < 4.78 is 17.8. The number of anilines is 1. The van der Waals surface area contributed by atoms with Gasteiger partial charge in [-0.2, -0.15) is 0 Å². The van der Waals surface area contributed by atoms with E-state index in [4.69, 9.17) is 0 Å². The van der Waals surface area contributed by atoms with E-state index in [1.807, 2.05) is 0 Å². The molecule has 0 heterocycles. The largest absolute Gasteiger partial charge is 0.459 e. The lowest BCUT2D eigenvalue weighted by Gasteiger charge is -2.06. The van der Waals surface area contributed by atoms with Crippen molar-refractivity contribution in [3.63, 3.8) is 0 Å². The van der Waals surface area contributed by atoms with E-state index in [1.54, 1.807) is 19.9 Å². The molecule has 16 heavy (non-hydrogen) atoms. The third-order valence-corrected chi connectivity index (χ3v) is 1.83. The number of carbonyl (C=O) groups excluding carboxylic acids is 2. The smallest absolute Gasteiger partial charge is 0.397 e. The predicted octanol–water partition coefficient (Wildman–Crippen LogP) is 1.64. The molecular formula is C11H12FNO3. The van der Waals surface area contributed by atoms with Gasteiger partial charge in [0, 0.05) is 0 Å². The first-order valence-electron chi connectivity index (χ1n) is 4.79. The van der Waals surface area contributed by atoms with Crippen molar-refractivity contribution in [1.82, 2.24) is 0 Å². The molecule has 0 aliphatic rings. The molecule has 1 N–H and O–H groups in total. The predicted molar refractivity (Wildman–Crippen MR) is 56.4 cm³/mol. The van der Waals surface area contributed by atoms with Crippen LogP contribution in [0.5, 0.6) is 0 Å². The molecule has 0 saturated carbocycles. The fourth-order valence-corrected chi connectivity index (χ4v) is 1.09. The maximum absolute atomic E-state index is 13.3. The molecule has 1 amide bonds. The number of benzene rings is 1. The maximum atomic E-state index is 13.3. The molecule has 0 bridgehead atoms. The Kier molecular flexibility index (Phi) is 3.99. The number of nitrogens with one attached hydrogen (secondary N) is 1. The highest BCUT2D eigenvalue weighted by Gasteiger charge is 2.16. The van der Waals surface area contributed by atoms with E-state index in [1.165, 1.54) is 12.1 Å². The van der Waals surface area contributed by atoms with Crippen molar-refractivity contribution >= 4 is 17.6 Å². The SMILES string of the molecule is CCOC(=O)C(=O)Nc1ccc(C)cc1F. The zero-order chi connectivity index (χ0) is 12.1. The summed E-state index contributed by atoms with van der Waals surface area (Å²) in [6.45, 7) is 3.40. The lowest BCUT2D eigenvalue weighted by Crippen LogP contribution is -2.25. The molecule has 86 valence electrons. The van der Waals surface area contributed by atoms with E-state index in [0.29, 0.717) is 0 Å². The van der Waals surface area contributed by atoms with E-state index in [0.717, 1.165) is 5.56 Å². The number of carbonyl (C=O) groups is 2. The lowest BCUT2D eigenvalue weighted by molar-refractivity contribution is -0.152. The summed E-state index contributed by atoms with van der Waals surface area (Å²) in [5.74, 6) is -2.59. The van der Waals surface area contributed by atoms with E-state index < -0.39 is 17.7 Å². The zero-order valence-corrected chi connectivity index (χ0v) is 9.04. The average Bonchev–Trinajstić information content (AvgIpc) is 2.22. The molecule has 0 spiro atoms. The van der Waals surface area contributed by atoms with Gasteiger partial charge in [-0.05, 0) is 31.5 Å². The molecule has 0 aliphatic heterocycles. The van der Waals surface area contributed by atoms with Crippen LogP contribution in [0.25, 0.3) is 0 Å². The Morgan fingerprint density at radius 3 is 2.69 bits per heavy atom. The number of aryl methyl sites for hydroxylation is 1. The fraction of sp³-hybridized carbons (Fsp3) is 0.273. The monoisotopic (exact) mass is 225 g/mol. The Hall–Kier alpha value is -1.91. The Morgan fingerprint density at radius 2 is 2.12 bits per heavy atom. The Balaban J connectivity index is 2.73. The zero-order valence-electron chi connectivity index (χ0n) is 9.04. The number of hydrogen-bond acceptors (Lipinski definition) is 3. The standard InChI is InChI=1S/C11H12FNO3/c1-3-16-11(15)10(14)13-9-5-4-7(2)6-8(9)12/h4-6H,3H2,1-2H3,(H,13,14). The van der Waals surface area contributed by atoms with Gasteiger partial charge in [0.05, 0.1) is 12.3 Å². The number of amides is 1. The van der Waals surface area contributed by atoms with Crippen LogP contribution in [-0.4, -0.2) is 18.5 Å². The summed E-state index contributed by atoms with van der Waals surface area (Å²) in [6, 6.07) is 4.28. The van der Waals surface area contributed by atoms with Gasteiger partial charge in [0.15, 0.2) is 0 Å². The molecule has 5 heteroatoms. The van der Waals surface area contributed by atoms with Crippen molar-refractivity contribution in [2.45, 2.75) is 13.8 Å². The van der Waals surface area contributed by atoms with Gasteiger partial charge in [0.2, 0.25) is 0 Å². The van der Waals surface area contributed by atoms with Crippen LogP contribution in [0, 0.1) is 12.7 Å². The van der Waals surface area contributed by atoms with Crippen LogP contribution < -0.4 is 5.32 Å². The summed E-state index contributed by atoms with van der Waals surface area (Å²) in [6.07, 6.45) is 0. The van der Waals surface area contributed by atoms with Gasteiger partial charge in [0.1, 0.15) is 5.82 Å². The van der Waals surface area contributed by atoms with Gasteiger partial charge in [-0.15, -0.1) is 0 Å². The molecule has 1 rings (SSSR count). The van der Waals surface area contributed by atoms with Crippen LogP contribution in [0.15, 0.2) is 18.2 Å². The van der Waals surface area contributed by atoms with Gasteiger partial charge in [-0.3, -0.25) is 4.79 Å². The molecular weight excluding hydrogens is 213 g/mol. The first kappa shape index (κ1) is 12.2. The highest BCUT2D eigenvalue weighted by molar-refractivity contribution is 6.37. The number of esters is 1. The quantitative estimate of drug-likeness (QED) is 0.614. The van der Waals surface area contributed by atoms with Crippen molar-refractivity contribution < 1.29 is 18.7 Å². The molecule has 0 aliphatic carbocycles. The van der Waals surface area contributed by atoms with E-state index >= 15 is 0 Å². The Morgan fingerprint density at radius 1 is 1.44 bits per heavy atom. The van der Waals surface area contributed by atoms with Crippen molar-refractivity contribution in [2.24, 2.45) is 0 Å². The minimum atomic E-state index is -1.03. The van der Waals surface area contributed by atoms with Crippen LogP contribution in [0.1, 0.15) is 12.5 Å². The second-order valence-corrected chi connectivity index (χ2v) is 3.16.